The summed E-state index contributed by atoms with van der Waals surface area (Å²) >= 11 is 3.71. The lowest BCUT2D eigenvalue weighted by atomic mass is 9.82. The Hall–Kier alpha value is -4.29. The molecule has 2 fully saturated rings. The largest absolute Gasteiger partial charge is 0.497 e. The standard InChI is InChI=1S/C45H50BrN3O6Si/c1-29-43(56(3,4)37-19-17-36(54-2)18-20-37)40(25-42(52)48-27-32-10-6-5-9-31(32)23-35(48)28-50)55-45(29)38-24-33(46)14-21-39(38)49(44(45)53)26-30-12-15-34(16-13-30)47-22-8-7-11-41(47)51/h5-6,9-10,12-21,24,29,35,40,43,50H,7-8,11,22-23,25-28H2,1-4H3/t29-,35+,40+,43-,45+/m1/s1. The molecule has 3 amide bonds. The van der Waals surface area contributed by atoms with Crippen LogP contribution in [0.4, 0.5) is 11.4 Å². The van der Waals surface area contributed by atoms with Crippen molar-refractivity contribution in [1.29, 1.82) is 0 Å². The maximum atomic E-state index is 15.3. The lowest BCUT2D eigenvalue weighted by Gasteiger charge is -2.39. The van der Waals surface area contributed by atoms with Crippen LogP contribution in [0.25, 0.3) is 0 Å². The van der Waals surface area contributed by atoms with Gasteiger partial charge in [0.2, 0.25) is 11.8 Å². The summed E-state index contributed by atoms with van der Waals surface area (Å²) in [5.41, 5.74) is 4.21. The van der Waals surface area contributed by atoms with Crippen molar-refractivity contribution in [3.05, 3.63) is 118 Å². The third-order valence-corrected chi connectivity index (χ3v) is 17.8. The van der Waals surface area contributed by atoms with Crippen molar-refractivity contribution in [3.63, 3.8) is 0 Å². The van der Waals surface area contributed by atoms with Crippen LogP contribution in [-0.2, 0) is 44.2 Å². The first kappa shape index (κ1) is 38.6. The van der Waals surface area contributed by atoms with E-state index in [-0.39, 0.29) is 48.3 Å². The molecule has 9 nitrogen and oxygen atoms in total. The predicted molar refractivity (Wildman–Crippen MR) is 224 cm³/mol. The van der Waals surface area contributed by atoms with Gasteiger partial charge in [0.05, 0.1) is 52.6 Å². The third-order valence-electron chi connectivity index (χ3n) is 13.0. The van der Waals surface area contributed by atoms with Crippen LogP contribution in [0.15, 0.2) is 95.5 Å². The van der Waals surface area contributed by atoms with Crippen molar-refractivity contribution in [2.24, 2.45) is 5.92 Å². The Kier molecular flexibility index (Phi) is 10.5. The number of piperidine rings is 1. The van der Waals surface area contributed by atoms with Crippen molar-refractivity contribution >= 4 is 58.3 Å². The van der Waals surface area contributed by atoms with Gasteiger partial charge in [-0.1, -0.05) is 89.7 Å². The first-order chi connectivity index (χ1) is 27.0. The van der Waals surface area contributed by atoms with Crippen molar-refractivity contribution in [1.82, 2.24) is 4.90 Å². The Morgan fingerprint density at radius 3 is 2.41 bits per heavy atom. The molecule has 0 bridgehead atoms. The number of halogens is 1. The van der Waals surface area contributed by atoms with E-state index < -0.39 is 19.8 Å². The molecule has 2 saturated heterocycles. The highest BCUT2D eigenvalue weighted by atomic mass is 79.9. The van der Waals surface area contributed by atoms with Crippen molar-refractivity contribution in [2.45, 2.75) is 88.5 Å². The van der Waals surface area contributed by atoms with E-state index in [0.29, 0.717) is 25.9 Å². The van der Waals surface area contributed by atoms with Crippen molar-refractivity contribution in [2.75, 3.05) is 30.1 Å². The molecule has 4 heterocycles. The molecule has 0 unspecified atom stereocenters. The number of nitrogens with zero attached hydrogens (tertiary/aromatic N) is 3. The number of ether oxygens (including phenoxy) is 2. The number of rotatable bonds is 9. The lowest BCUT2D eigenvalue weighted by Crippen LogP contribution is -2.52. The number of methoxy groups -OCH3 is 1. The topological polar surface area (TPSA) is 99.6 Å². The SMILES string of the molecule is COc1ccc([Si](C)(C)[C@H]2[C@H](CC(=O)N3Cc4ccccc4C[C@H]3CO)O[C@@]3(C(=O)N(Cc4ccc(N5CCCCC5=O)cc4)c4ccc(Br)cc43)[C@@H]2C)cc1. The van der Waals surface area contributed by atoms with Gasteiger partial charge in [0.1, 0.15) is 5.75 Å². The van der Waals surface area contributed by atoms with Crippen LogP contribution < -0.4 is 19.7 Å². The zero-order chi connectivity index (χ0) is 39.4. The molecule has 56 heavy (non-hydrogen) atoms. The van der Waals surface area contributed by atoms with E-state index in [1.807, 2.05) is 81.4 Å². The molecule has 4 aromatic rings. The minimum absolute atomic E-state index is 0.0821. The van der Waals surface area contributed by atoms with E-state index in [4.69, 9.17) is 9.47 Å². The second kappa shape index (κ2) is 15.2. The van der Waals surface area contributed by atoms with Crippen molar-refractivity contribution < 1.29 is 29.0 Å². The number of fused-ring (bicyclic) bond motifs is 3. The Bertz CT molecular complexity index is 2140. The quantitative estimate of drug-likeness (QED) is 0.181. The highest BCUT2D eigenvalue weighted by Gasteiger charge is 2.66. The predicted octanol–water partition coefficient (Wildman–Crippen LogP) is 7.07. The highest BCUT2D eigenvalue weighted by molar-refractivity contribution is 9.10. The van der Waals surface area contributed by atoms with Crippen LogP contribution in [0, 0.1) is 5.92 Å². The molecule has 5 atom stereocenters. The zero-order valence-electron chi connectivity index (χ0n) is 32.5. The summed E-state index contributed by atoms with van der Waals surface area (Å²) in [6.07, 6.45) is 2.60. The molecule has 4 aromatic carbocycles. The Balaban J connectivity index is 1.16. The fraction of sp³-hybridized carbons (Fsp3) is 0.400. The highest BCUT2D eigenvalue weighted by Crippen LogP contribution is 2.60. The molecule has 0 aromatic heterocycles. The molecule has 4 aliphatic rings. The molecular weight excluding hydrogens is 786 g/mol. The first-order valence-electron chi connectivity index (χ1n) is 19.8. The van der Waals surface area contributed by atoms with Crippen LogP contribution >= 0.6 is 15.9 Å². The summed E-state index contributed by atoms with van der Waals surface area (Å²) in [6.45, 7) is 8.11. The molecule has 8 rings (SSSR count). The number of carbonyl (C=O) groups is 3. The van der Waals surface area contributed by atoms with Crippen LogP contribution in [0.1, 0.15) is 54.9 Å². The second-order valence-corrected chi connectivity index (χ2v) is 22.0. The number of aliphatic hydroxyl groups excluding tert-OH is 1. The van der Waals surface area contributed by atoms with E-state index in [9.17, 15) is 14.7 Å². The van der Waals surface area contributed by atoms with Crippen LogP contribution in [0.3, 0.4) is 0 Å². The van der Waals surface area contributed by atoms with E-state index in [1.165, 1.54) is 5.19 Å². The zero-order valence-corrected chi connectivity index (χ0v) is 35.1. The summed E-state index contributed by atoms with van der Waals surface area (Å²) in [7, 11) is -0.847. The van der Waals surface area contributed by atoms with Gasteiger partial charge in [-0.05, 0) is 84.0 Å². The molecule has 11 heteroatoms. The van der Waals surface area contributed by atoms with Gasteiger partial charge >= 0.3 is 0 Å². The molecule has 4 aliphatic heterocycles. The molecule has 0 aliphatic carbocycles. The number of hydrogen-bond acceptors (Lipinski definition) is 6. The third kappa shape index (κ3) is 6.60. The molecule has 1 spiro atoms. The van der Waals surface area contributed by atoms with Gasteiger partial charge in [-0.25, -0.2) is 0 Å². The smallest absolute Gasteiger partial charge is 0.264 e. The Morgan fingerprint density at radius 2 is 1.71 bits per heavy atom. The average Bonchev–Trinajstić information content (AvgIpc) is 3.63. The van der Waals surface area contributed by atoms with Crippen LogP contribution in [0.5, 0.6) is 5.75 Å². The first-order valence-corrected chi connectivity index (χ1v) is 23.6. The number of aliphatic hydroxyl groups is 1. The monoisotopic (exact) mass is 835 g/mol. The maximum Gasteiger partial charge on any atom is 0.264 e. The maximum absolute atomic E-state index is 15.3. The minimum Gasteiger partial charge on any atom is -0.497 e. The molecule has 0 saturated carbocycles. The van der Waals surface area contributed by atoms with Crippen LogP contribution in [0.2, 0.25) is 18.6 Å². The summed E-state index contributed by atoms with van der Waals surface area (Å²) in [5.74, 6) is 0.425. The summed E-state index contributed by atoms with van der Waals surface area (Å²) in [4.78, 5) is 48.1. The van der Waals surface area contributed by atoms with Crippen molar-refractivity contribution in [3.8, 4) is 5.75 Å². The summed E-state index contributed by atoms with van der Waals surface area (Å²) < 4.78 is 13.7. The fourth-order valence-electron chi connectivity index (χ4n) is 10.0. The Morgan fingerprint density at radius 1 is 0.982 bits per heavy atom. The minimum atomic E-state index is -2.51. The molecule has 0 radical (unpaired) electrons. The van der Waals surface area contributed by atoms with Gasteiger partial charge in [0, 0.05) is 41.2 Å². The van der Waals surface area contributed by atoms with Gasteiger partial charge in [-0.15, -0.1) is 0 Å². The van der Waals surface area contributed by atoms with Gasteiger partial charge < -0.3 is 29.3 Å². The number of hydrogen-bond donors (Lipinski definition) is 1. The van der Waals surface area contributed by atoms with Gasteiger partial charge in [0.15, 0.2) is 5.60 Å². The van der Waals surface area contributed by atoms with Crippen LogP contribution in [-0.4, -0.2) is 68.2 Å². The van der Waals surface area contributed by atoms with E-state index >= 15 is 4.79 Å². The molecule has 292 valence electrons. The number of anilines is 2. The van der Waals surface area contributed by atoms with E-state index in [2.05, 4.69) is 60.2 Å². The fourth-order valence-corrected chi connectivity index (χ4v) is 14.4. The van der Waals surface area contributed by atoms with Gasteiger partial charge in [0.25, 0.3) is 5.91 Å². The summed E-state index contributed by atoms with van der Waals surface area (Å²) in [6, 6.07) is 29.9. The van der Waals surface area contributed by atoms with Gasteiger partial charge in [-0.3, -0.25) is 14.4 Å². The number of carbonyl (C=O) groups excluding carboxylic acids is 3. The normalized spacial score (nSPS) is 24.8. The molecular formula is C45H50BrN3O6Si. The molecule has 1 N–H and O–H groups in total. The number of benzene rings is 4. The average molecular weight is 837 g/mol. The van der Waals surface area contributed by atoms with E-state index in [1.54, 1.807) is 7.11 Å². The van der Waals surface area contributed by atoms with E-state index in [0.717, 1.165) is 63.2 Å². The lowest BCUT2D eigenvalue weighted by molar-refractivity contribution is -0.151. The van der Waals surface area contributed by atoms with Gasteiger partial charge in [-0.2, -0.15) is 0 Å². The Labute approximate surface area is 338 Å². The summed E-state index contributed by atoms with van der Waals surface area (Å²) in [5, 5.41) is 11.7. The second-order valence-electron chi connectivity index (χ2n) is 16.4. The number of amides is 3.